The molecule has 0 amide bonds. The Morgan fingerprint density at radius 3 is 2.86 bits per heavy atom. The van der Waals surface area contributed by atoms with Gasteiger partial charge < -0.3 is 24.1 Å². The van der Waals surface area contributed by atoms with E-state index in [0.29, 0.717) is 6.61 Å². The number of hydrogen-bond acceptors (Lipinski definition) is 5. The van der Waals surface area contributed by atoms with E-state index in [1.807, 2.05) is 29.9 Å². The van der Waals surface area contributed by atoms with E-state index in [4.69, 9.17) is 14.2 Å². The largest absolute Gasteiger partial charge is 0.485 e. The van der Waals surface area contributed by atoms with Gasteiger partial charge in [-0.05, 0) is 12.6 Å². The molecule has 2 aromatic rings. The lowest BCUT2D eigenvalue weighted by Gasteiger charge is -2.13. The first-order valence-electron chi connectivity index (χ1n) is 7.00. The number of nitrogens with zero attached hydrogens (tertiary/aromatic N) is 2. The number of imidazole rings is 1. The Morgan fingerprint density at radius 2 is 2.14 bits per heavy atom. The molecule has 6 heteroatoms. The van der Waals surface area contributed by atoms with Gasteiger partial charge in [-0.3, -0.25) is 0 Å². The summed E-state index contributed by atoms with van der Waals surface area (Å²) in [7, 11) is 1.95. The highest BCUT2D eigenvalue weighted by atomic mass is 16.7. The molecule has 1 N–H and O–H groups in total. The van der Waals surface area contributed by atoms with E-state index in [1.54, 1.807) is 6.20 Å². The summed E-state index contributed by atoms with van der Waals surface area (Å²) in [6.07, 6.45) is 3.66. The smallest absolute Gasteiger partial charge is 0.231 e. The highest BCUT2D eigenvalue weighted by Gasteiger charge is 2.18. The first-order valence-corrected chi connectivity index (χ1v) is 7.00. The van der Waals surface area contributed by atoms with Gasteiger partial charge >= 0.3 is 0 Å². The summed E-state index contributed by atoms with van der Waals surface area (Å²) in [6.45, 7) is 4.37. The zero-order valence-corrected chi connectivity index (χ0v) is 12.3. The summed E-state index contributed by atoms with van der Waals surface area (Å²) in [4.78, 5) is 4.26. The first-order chi connectivity index (χ1) is 10.3. The third-order valence-electron chi connectivity index (χ3n) is 3.40. The normalized spacial score (nSPS) is 12.7. The predicted molar refractivity (Wildman–Crippen MR) is 77.5 cm³/mol. The molecule has 0 aliphatic carbocycles. The first kappa shape index (κ1) is 13.8. The van der Waals surface area contributed by atoms with Gasteiger partial charge in [-0.1, -0.05) is 6.92 Å². The Balaban J connectivity index is 1.80. The fourth-order valence-electron chi connectivity index (χ4n) is 2.18. The summed E-state index contributed by atoms with van der Waals surface area (Å²) < 4.78 is 18.7. The van der Waals surface area contributed by atoms with E-state index in [2.05, 4.69) is 17.2 Å². The van der Waals surface area contributed by atoms with Crippen LogP contribution in [0.4, 0.5) is 0 Å². The molecule has 0 radical (unpaired) electrons. The molecule has 1 aromatic carbocycles. The van der Waals surface area contributed by atoms with Crippen molar-refractivity contribution in [1.82, 2.24) is 14.9 Å². The number of rotatable bonds is 6. The van der Waals surface area contributed by atoms with Gasteiger partial charge in [0.15, 0.2) is 11.5 Å². The number of benzene rings is 1. The zero-order chi connectivity index (χ0) is 14.7. The molecule has 1 aliphatic rings. The fraction of sp³-hybridized carbons (Fsp3) is 0.400. The van der Waals surface area contributed by atoms with Crippen molar-refractivity contribution in [2.75, 3.05) is 13.3 Å². The van der Waals surface area contributed by atoms with Crippen LogP contribution in [0.15, 0.2) is 24.5 Å². The van der Waals surface area contributed by atoms with Gasteiger partial charge in [0.2, 0.25) is 6.79 Å². The number of aryl methyl sites for hydroxylation is 1. The van der Waals surface area contributed by atoms with Gasteiger partial charge in [0.05, 0.1) is 0 Å². The van der Waals surface area contributed by atoms with Gasteiger partial charge in [-0.25, -0.2) is 4.98 Å². The molecule has 0 spiro atoms. The van der Waals surface area contributed by atoms with E-state index in [9.17, 15) is 0 Å². The highest BCUT2D eigenvalue weighted by molar-refractivity contribution is 5.51. The van der Waals surface area contributed by atoms with Crippen molar-refractivity contribution in [3.8, 4) is 17.2 Å². The second-order valence-electron chi connectivity index (χ2n) is 4.84. The van der Waals surface area contributed by atoms with E-state index in [0.717, 1.165) is 41.7 Å². The second kappa shape index (κ2) is 6.05. The molecule has 6 nitrogen and oxygen atoms in total. The van der Waals surface area contributed by atoms with Crippen molar-refractivity contribution in [2.24, 2.45) is 7.05 Å². The minimum atomic E-state index is 0.263. The van der Waals surface area contributed by atoms with Gasteiger partial charge in [0.1, 0.15) is 18.2 Å². The van der Waals surface area contributed by atoms with Crippen molar-refractivity contribution in [2.45, 2.75) is 20.1 Å². The molecule has 0 saturated heterocycles. The van der Waals surface area contributed by atoms with Gasteiger partial charge in [-0.2, -0.15) is 0 Å². The maximum absolute atomic E-state index is 5.93. The fourth-order valence-corrected chi connectivity index (χ4v) is 2.18. The summed E-state index contributed by atoms with van der Waals surface area (Å²) in [5, 5.41) is 3.30. The molecular weight excluding hydrogens is 270 g/mol. The van der Waals surface area contributed by atoms with E-state index >= 15 is 0 Å². The number of ether oxygens (including phenoxy) is 3. The summed E-state index contributed by atoms with van der Waals surface area (Å²) >= 11 is 0. The molecule has 1 aliphatic heterocycles. The van der Waals surface area contributed by atoms with E-state index < -0.39 is 0 Å². The Labute approximate surface area is 123 Å². The van der Waals surface area contributed by atoms with Gasteiger partial charge in [-0.15, -0.1) is 0 Å². The van der Waals surface area contributed by atoms with Crippen molar-refractivity contribution in [1.29, 1.82) is 0 Å². The maximum Gasteiger partial charge on any atom is 0.231 e. The van der Waals surface area contributed by atoms with Crippen LogP contribution in [-0.4, -0.2) is 22.9 Å². The molecule has 1 aromatic heterocycles. The molecule has 0 bridgehead atoms. The minimum absolute atomic E-state index is 0.263. The van der Waals surface area contributed by atoms with Crippen LogP contribution < -0.4 is 19.5 Å². The lowest BCUT2D eigenvalue weighted by Crippen LogP contribution is -2.13. The van der Waals surface area contributed by atoms with Crippen LogP contribution in [0.5, 0.6) is 17.2 Å². The van der Waals surface area contributed by atoms with Crippen LogP contribution in [0.3, 0.4) is 0 Å². The highest BCUT2D eigenvalue weighted by Crippen LogP contribution is 2.38. The Morgan fingerprint density at radius 1 is 1.33 bits per heavy atom. The average molecular weight is 289 g/mol. The predicted octanol–water partition coefficient (Wildman–Crippen LogP) is 1.84. The number of nitrogens with one attached hydrogen (secondary N) is 1. The lowest BCUT2D eigenvalue weighted by atomic mass is 10.1. The zero-order valence-electron chi connectivity index (χ0n) is 12.3. The van der Waals surface area contributed by atoms with Crippen molar-refractivity contribution in [3.63, 3.8) is 0 Å². The van der Waals surface area contributed by atoms with Crippen molar-refractivity contribution >= 4 is 0 Å². The van der Waals surface area contributed by atoms with Crippen LogP contribution in [0, 0.1) is 0 Å². The standard InChI is InChI=1S/C15H19N3O3/c1-3-16-8-11-6-13-14(21-10-20-13)7-12(11)19-9-15-17-4-5-18(15)2/h4-7,16H,3,8-10H2,1-2H3. The van der Waals surface area contributed by atoms with Gasteiger partial charge in [0.25, 0.3) is 0 Å². The molecule has 0 saturated carbocycles. The van der Waals surface area contributed by atoms with Crippen LogP contribution in [-0.2, 0) is 20.2 Å². The Hall–Kier alpha value is -2.21. The molecule has 0 unspecified atom stereocenters. The monoisotopic (exact) mass is 289 g/mol. The third kappa shape index (κ3) is 2.95. The van der Waals surface area contributed by atoms with Gasteiger partial charge in [0, 0.05) is 37.6 Å². The van der Waals surface area contributed by atoms with E-state index in [1.165, 1.54) is 0 Å². The number of aromatic nitrogens is 2. The maximum atomic E-state index is 5.93. The average Bonchev–Trinajstić information content (AvgIpc) is 3.10. The summed E-state index contributed by atoms with van der Waals surface area (Å²) in [6, 6.07) is 3.86. The Bertz CT molecular complexity index is 625. The molecule has 3 rings (SSSR count). The molecule has 112 valence electrons. The van der Waals surface area contributed by atoms with Crippen molar-refractivity contribution < 1.29 is 14.2 Å². The van der Waals surface area contributed by atoms with Crippen LogP contribution in [0.25, 0.3) is 0 Å². The summed E-state index contributed by atoms with van der Waals surface area (Å²) in [5.74, 6) is 3.17. The molecule has 2 heterocycles. The second-order valence-corrected chi connectivity index (χ2v) is 4.84. The van der Waals surface area contributed by atoms with Crippen LogP contribution in [0.1, 0.15) is 18.3 Å². The lowest BCUT2D eigenvalue weighted by molar-refractivity contribution is 0.173. The SMILES string of the molecule is CCNCc1cc2c(cc1OCc1nccn1C)OCO2. The molecular formula is C15H19N3O3. The Kier molecular flexibility index (Phi) is 3.96. The van der Waals surface area contributed by atoms with Crippen LogP contribution in [0.2, 0.25) is 0 Å². The van der Waals surface area contributed by atoms with Crippen molar-refractivity contribution in [3.05, 3.63) is 35.9 Å². The molecule has 0 atom stereocenters. The number of fused-ring (bicyclic) bond motifs is 1. The molecule has 21 heavy (non-hydrogen) atoms. The van der Waals surface area contributed by atoms with Crippen LogP contribution >= 0.6 is 0 Å². The number of hydrogen-bond donors (Lipinski definition) is 1. The third-order valence-corrected chi connectivity index (χ3v) is 3.40. The minimum Gasteiger partial charge on any atom is -0.485 e. The molecule has 0 fully saturated rings. The topological polar surface area (TPSA) is 57.5 Å². The quantitative estimate of drug-likeness (QED) is 0.879. The summed E-state index contributed by atoms with van der Waals surface area (Å²) in [5.41, 5.74) is 1.05. The van der Waals surface area contributed by atoms with E-state index in [-0.39, 0.29) is 6.79 Å².